The molecule has 0 aliphatic carbocycles. The number of pyridine rings is 1. The Bertz CT molecular complexity index is 463. The van der Waals surface area contributed by atoms with Gasteiger partial charge in [0.2, 0.25) is 0 Å². The summed E-state index contributed by atoms with van der Waals surface area (Å²) in [4.78, 5) is 18.0. The molecule has 5 nitrogen and oxygen atoms in total. The molecule has 1 atom stereocenters. The molecule has 18 heavy (non-hydrogen) atoms. The third-order valence-electron chi connectivity index (χ3n) is 3.18. The Morgan fingerprint density at radius 3 is 3.11 bits per heavy atom. The van der Waals surface area contributed by atoms with Crippen LogP contribution < -0.4 is 5.32 Å². The second-order valence-corrected chi connectivity index (χ2v) is 4.51. The zero-order chi connectivity index (χ0) is 13.0. The number of hydrogen-bond donors (Lipinski definition) is 1. The topological polar surface area (TPSA) is 69.0 Å². The van der Waals surface area contributed by atoms with Gasteiger partial charge < -0.3 is 10.2 Å². The Morgan fingerprint density at radius 1 is 1.67 bits per heavy atom. The van der Waals surface area contributed by atoms with Crippen molar-refractivity contribution >= 4 is 5.91 Å². The zero-order valence-electron chi connectivity index (χ0n) is 10.4. The second kappa shape index (κ2) is 5.61. The summed E-state index contributed by atoms with van der Waals surface area (Å²) in [6.45, 7) is 2.50. The maximum absolute atomic E-state index is 12.2. The van der Waals surface area contributed by atoms with Gasteiger partial charge in [0, 0.05) is 19.3 Å². The van der Waals surface area contributed by atoms with E-state index in [2.05, 4.69) is 10.3 Å². The molecule has 94 valence electrons. The highest BCUT2D eigenvalue weighted by Gasteiger charge is 2.26. The highest BCUT2D eigenvalue weighted by atomic mass is 16.2. The van der Waals surface area contributed by atoms with Crippen LogP contribution in [-0.4, -0.2) is 42.5 Å². The molecule has 0 bridgehead atoms. The van der Waals surface area contributed by atoms with Crippen molar-refractivity contribution in [1.29, 1.82) is 5.26 Å². The monoisotopic (exact) mass is 244 g/mol. The van der Waals surface area contributed by atoms with Crippen molar-refractivity contribution in [2.45, 2.75) is 6.42 Å². The first-order valence-electron chi connectivity index (χ1n) is 6.04. The zero-order valence-corrected chi connectivity index (χ0v) is 10.4. The molecular formula is C13H16N4O. The average Bonchev–Trinajstić information content (AvgIpc) is 2.87. The predicted molar refractivity (Wildman–Crippen MR) is 66.9 cm³/mol. The van der Waals surface area contributed by atoms with Gasteiger partial charge in [-0.05, 0) is 38.1 Å². The lowest BCUT2D eigenvalue weighted by molar-refractivity contribution is 0.0781. The SMILES string of the molecule is CNCC1CCN(C(=O)c2ccc(C#N)cn2)C1. The van der Waals surface area contributed by atoms with Crippen LogP contribution in [0.2, 0.25) is 0 Å². The van der Waals surface area contributed by atoms with E-state index in [0.717, 1.165) is 26.1 Å². The van der Waals surface area contributed by atoms with Crippen LogP contribution in [0.3, 0.4) is 0 Å². The molecule has 1 aromatic heterocycles. The normalized spacial score (nSPS) is 18.7. The Kier molecular flexibility index (Phi) is 3.90. The molecule has 1 N–H and O–H groups in total. The summed E-state index contributed by atoms with van der Waals surface area (Å²) in [5.74, 6) is 0.482. The van der Waals surface area contributed by atoms with E-state index >= 15 is 0 Å². The van der Waals surface area contributed by atoms with Crippen molar-refractivity contribution in [2.75, 3.05) is 26.7 Å². The molecule has 1 fully saturated rings. The highest BCUT2D eigenvalue weighted by molar-refractivity contribution is 5.92. The van der Waals surface area contributed by atoms with Crippen LogP contribution in [-0.2, 0) is 0 Å². The van der Waals surface area contributed by atoms with E-state index in [1.807, 2.05) is 18.0 Å². The van der Waals surface area contributed by atoms with Gasteiger partial charge in [-0.15, -0.1) is 0 Å². The fourth-order valence-corrected chi connectivity index (χ4v) is 2.22. The van der Waals surface area contributed by atoms with Gasteiger partial charge in [-0.2, -0.15) is 5.26 Å². The molecular weight excluding hydrogens is 228 g/mol. The largest absolute Gasteiger partial charge is 0.337 e. The summed E-state index contributed by atoms with van der Waals surface area (Å²) < 4.78 is 0. The quantitative estimate of drug-likeness (QED) is 0.847. The van der Waals surface area contributed by atoms with Gasteiger partial charge in [0.25, 0.3) is 5.91 Å². The smallest absolute Gasteiger partial charge is 0.272 e. The fraction of sp³-hybridized carbons (Fsp3) is 0.462. The van der Waals surface area contributed by atoms with Crippen molar-refractivity contribution in [3.63, 3.8) is 0 Å². The number of carbonyl (C=O) groups is 1. The predicted octanol–water partition coefficient (Wildman–Crippen LogP) is 0.635. The lowest BCUT2D eigenvalue weighted by Crippen LogP contribution is -2.30. The molecule has 1 aliphatic rings. The summed E-state index contributed by atoms with van der Waals surface area (Å²) in [6, 6.07) is 5.23. The van der Waals surface area contributed by atoms with E-state index in [1.165, 1.54) is 6.20 Å². The molecule has 0 radical (unpaired) electrons. The molecule has 1 aliphatic heterocycles. The van der Waals surface area contributed by atoms with Crippen LogP contribution in [0.1, 0.15) is 22.5 Å². The van der Waals surface area contributed by atoms with Crippen LogP contribution >= 0.6 is 0 Å². The number of carbonyl (C=O) groups excluding carboxylic acids is 1. The summed E-state index contributed by atoms with van der Waals surface area (Å²) in [5.41, 5.74) is 0.889. The number of nitrogens with one attached hydrogen (secondary N) is 1. The molecule has 1 amide bonds. The van der Waals surface area contributed by atoms with E-state index in [0.29, 0.717) is 17.2 Å². The minimum Gasteiger partial charge on any atom is -0.337 e. The Morgan fingerprint density at radius 2 is 2.50 bits per heavy atom. The summed E-state index contributed by atoms with van der Waals surface area (Å²) in [6.07, 6.45) is 2.47. The van der Waals surface area contributed by atoms with E-state index in [-0.39, 0.29) is 5.91 Å². The molecule has 1 unspecified atom stereocenters. The van der Waals surface area contributed by atoms with Gasteiger partial charge in [-0.25, -0.2) is 4.98 Å². The molecule has 1 aromatic rings. The lowest BCUT2D eigenvalue weighted by Gasteiger charge is -2.15. The number of likely N-dealkylation sites (tertiary alicyclic amines) is 1. The average molecular weight is 244 g/mol. The fourth-order valence-electron chi connectivity index (χ4n) is 2.22. The lowest BCUT2D eigenvalue weighted by atomic mass is 10.1. The summed E-state index contributed by atoms with van der Waals surface area (Å²) in [5, 5.41) is 11.8. The van der Waals surface area contributed by atoms with Crippen molar-refractivity contribution in [3.05, 3.63) is 29.6 Å². The van der Waals surface area contributed by atoms with Crippen molar-refractivity contribution < 1.29 is 4.79 Å². The Labute approximate surface area is 106 Å². The van der Waals surface area contributed by atoms with Gasteiger partial charge in [-0.3, -0.25) is 4.79 Å². The number of hydrogen-bond acceptors (Lipinski definition) is 4. The number of amides is 1. The molecule has 5 heteroatoms. The number of nitrogens with zero attached hydrogens (tertiary/aromatic N) is 3. The maximum atomic E-state index is 12.2. The van der Waals surface area contributed by atoms with E-state index in [9.17, 15) is 4.79 Å². The van der Waals surface area contributed by atoms with Crippen LogP contribution in [0.5, 0.6) is 0 Å². The van der Waals surface area contributed by atoms with Crippen LogP contribution in [0.15, 0.2) is 18.3 Å². The van der Waals surface area contributed by atoms with Crippen LogP contribution in [0.4, 0.5) is 0 Å². The number of rotatable bonds is 3. The summed E-state index contributed by atoms with van der Waals surface area (Å²) in [7, 11) is 1.92. The standard InChI is InChI=1S/C13H16N4O/c1-15-7-11-4-5-17(9-11)13(18)12-3-2-10(6-14)8-16-12/h2-3,8,11,15H,4-5,7,9H2,1H3. The van der Waals surface area contributed by atoms with Crippen molar-refractivity contribution in [2.24, 2.45) is 5.92 Å². The van der Waals surface area contributed by atoms with E-state index in [4.69, 9.17) is 5.26 Å². The molecule has 0 saturated carbocycles. The Hall–Kier alpha value is -1.93. The third kappa shape index (κ3) is 2.66. The third-order valence-corrected chi connectivity index (χ3v) is 3.18. The van der Waals surface area contributed by atoms with Crippen LogP contribution in [0.25, 0.3) is 0 Å². The first-order chi connectivity index (χ1) is 8.74. The molecule has 2 heterocycles. The number of aromatic nitrogens is 1. The van der Waals surface area contributed by atoms with Gasteiger partial charge in [0.05, 0.1) is 5.56 Å². The minimum atomic E-state index is -0.0434. The molecule has 0 spiro atoms. The summed E-state index contributed by atoms with van der Waals surface area (Å²) >= 11 is 0. The molecule has 2 rings (SSSR count). The van der Waals surface area contributed by atoms with Gasteiger partial charge >= 0.3 is 0 Å². The van der Waals surface area contributed by atoms with E-state index in [1.54, 1.807) is 12.1 Å². The highest BCUT2D eigenvalue weighted by Crippen LogP contribution is 2.17. The van der Waals surface area contributed by atoms with Crippen LogP contribution in [0, 0.1) is 17.2 Å². The molecule has 0 aromatic carbocycles. The maximum Gasteiger partial charge on any atom is 0.272 e. The van der Waals surface area contributed by atoms with Gasteiger partial charge in [0.15, 0.2) is 0 Å². The van der Waals surface area contributed by atoms with Gasteiger partial charge in [0.1, 0.15) is 11.8 Å². The first-order valence-corrected chi connectivity index (χ1v) is 6.04. The molecule has 1 saturated heterocycles. The second-order valence-electron chi connectivity index (χ2n) is 4.51. The minimum absolute atomic E-state index is 0.0434. The number of nitriles is 1. The van der Waals surface area contributed by atoms with E-state index < -0.39 is 0 Å². The first kappa shape index (κ1) is 12.5. The van der Waals surface area contributed by atoms with Crippen molar-refractivity contribution in [1.82, 2.24) is 15.2 Å². The van der Waals surface area contributed by atoms with Crippen molar-refractivity contribution in [3.8, 4) is 6.07 Å². The van der Waals surface area contributed by atoms with Gasteiger partial charge in [-0.1, -0.05) is 0 Å². The Balaban J connectivity index is 2.01.